The highest BCUT2D eigenvalue weighted by Gasteiger charge is 2.22. The third-order valence-corrected chi connectivity index (χ3v) is 5.73. The number of likely N-dealkylation sites (tertiary alicyclic amines) is 1. The number of hydrogen-bond acceptors (Lipinski definition) is 3. The quantitative estimate of drug-likeness (QED) is 0.643. The molecule has 2 aromatic rings. The molecule has 1 fully saturated rings. The SMILES string of the molecule is CN1CCC(N(C)c2cc(F)cc(CC(=O)c3ccc(Cl)cc3Cl)c2)CC1. The van der Waals surface area contributed by atoms with E-state index in [0.717, 1.165) is 31.6 Å². The summed E-state index contributed by atoms with van der Waals surface area (Å²) >= 11 is 12.0. The van der Waals surface area contributed by atoms with Crippen molar-refractivity contribution in [1.29, 1.82) is 0 Å². The second-order valence-electron chi connectivity index (χ2n) is 7.19. The van der Waals surface area contributed by atoms with Gasteiger partial charge in [0, 0.05) is 35.8 Å². The summed E-state index contributed by atoms with van der Waals surface area (Å²) in [5.41, 5.74) is 1.84. The molecule has 1 aliphatic heterocycles. The van der Waals surface area contributed by atoms with Crippen molar-refractivity contribution in [2.75, 3.05) is 32.1 Å². The molecule has 1 aliphatic rings. The number of rotatable bonds is 5. The molecular formula is C21H23Cl2FN2O. The molecule has 0 radical (unpaired) electrons. The van der Waals surface area contributed by atoms with Crippen LogP contribution in [0.5, 0.6) is 0 Å². The van der Waals surface area contributed by atoms with Gasteiger partial charge in [-0.05, 0) is 74.9 Å². The van der Waals surface area contributed by atoms with Crippen LogP contribution in [-0.2, 0) is 6.42 Å². The highest BCUT2D eigenvalue weighted by atomic mass is 35.5. The molecule has 144 valence electrons. The predicted octanol–water partition coefficient (Wildman–Crippen LogP) is 5.09. The van der Waals surface area contributed by atoms with Gasteiger partial charge in [0.25, 0.3) is 0 Å². The Hall–Kier alpha value is -1.62. The molecule has 2 aromatic carbocycles. The van der Waals surface area contributed by atoms with E-state index >= 15 is 0 Å². The largest absolute Gasteiger partial charge is 0.371 e. The van der Waals surface area contributed by atoms with E-state index in [-0.39, 0.29) is 18.0 Å². The molecule has 1 saturated heterocycles. The number of halogens is 3. The van der Waals surface area contributed by atoms with Crippen molar-refractivity contribution in [2.45, 2.75) is 25.3 Å². The first-order valence-corrected chi connectivity index (χ1v) is 9.78. The normalized spacial score (nSPS) is 15.7. The Bertz CT molecular complexity index is 835. The van der Waals surface area contributed by atoms with Crippen LogP contribution >= 0.6 is 23.2 Å². The number of nitrogens with zero attached hydrogens (tertiary/aromatic N) is 2. The predicted molar refractivity (Wildman–Crippen MR) is 110 cm³/mol. The van der Waals surface area contributed by atoms with Crippen molar-refractivity contribution < 1.29 is 9.18 Å². The highest BCUT2D eigenvalue weighted by Crippen LogP contribution is 2.26. The lowest BCUT2D eigenvalue weighted by molar-refractivity contribution is 0.0993. The molecule has 3 rings (SSSR count). The molecule has 0 bridgehead atoms. The van der Waals surface area contributed by atoms with Gasteiger partial charge in [0.15, 0.2) is 5.78 Å². The molecule has 0 saturated carbocycles. The fourth-order valence-corrected chi connectivity index (χ4v) is 4.04. The molecular weight excluding hydrogens is 386 g/mol. The maximum absolute atomic E-state index is 14.2. The summed E-state index contributed by atoms with van der Waals surface area (Å²) in [6.45, 7) is 2.06. The maximum atomic E-state index is 14.2. The maximum Gasteiger partial charge on any atom is 0.168 e. The van der Waals surface area contributed by atoms with Gasteiger partial charge >= 0.3 is 0 Å². The van der Waals surface area contributed by atoms with Crippen LogP contribution in [0.1, 0.15) is 28.8 Å². The second-order valence-corrected chi connectivity index (χ2v) is 8.03. The van der Waals surface area contributed by atoms with Gasteiger partial charge in [0.1, 0.15) is 5.82 Å². The fraction of sp³-hybridized carbons (Fsp3) is 0.381. The average Bonchev–Trinajstić information content (AvgIpc) is 2.61. The molecule has 0 amide bonds. The van der Waals surface area contributed by atoms with Gasteiger partial charge in [-0.1, -0.05) is 23.2 Å². The van der Waals surface area contributed by atoms with E-state index in [9.17, 15) is 9.18 Å². The minimum absolute atomic E-state index is 0.0906. The third kappa shape index (κ3) is 5.01. The average molecular weight is 409 g/mol. The van der Waals surface area contributed by atoms with Crippen molar-refractivity contribution in [3.8, 4) is 0 Å². The van der Waals surface area contributed by atoms with Crippen LogP contribution in [0.2, 0.25) is 10.0 Å². The van der Waals surface area contributed by atoms with E-state index in [1.165, 1.54) is 12.1 Å². The van der Waals surface area contributed by atoms with Crippen molar-refractivity contribution >= 4 is 34.7 Å². The minimum atomic E-state index is -0.336. The summed E-state index contributed by atoms with van der Waals surface area (Å²) < 4.78 is 14.2. The van der Waals surface area contributed by atoms with Crippen LogP contribution in [0.4, 0.5) is 10.1 Å². The lowest BCUT2D eigenvalue weighted by Crippen LogP contribution is -2.42. The first-order chi connectivity index (χ1) is 12.8. The highest BCUT2D eigenvalue weighted by molar-refractivity contribution is 6.36. The monoisotopic (exact) mass is 408 g/mol. The fourth-order valence-electron chi connectivity index (χ4n) is 3.53. The van der Waals surface area contributed by atoms with Gasteiger partial charge in [-0.15, -0.1) is 0 Å². The summed E-state index contributed by atoms with van der Waals surface area (Å²) in [6.07, 6.45) is 2.17. The van der Waals surface area contributed by atoms with E-state index < -0.39 is 0 Å². The smallest absolute Gasteiger partial charge is 0.168 e. The number of ketones is 1. The number of carbonyl (C=O) groups is 1. The summed E-state index contributed by atoms with van der Waals surface area (Å²) in [5.74, 6) is -0.493. The third-order valence-electron chi connectivity index (χ3n) is 5.18. The van der Waals surface area contributed by atoms with Gasteiger partial charge in [0.05, 0.1) is 5.02 Å². The number of anilines is 1. The van der Waals surface area contributed by atoms with Crippen LogP contribution < -0.4 is 4.90 Å². The summed E-state index contributed by atoms with van der Waals surface area (Å²) in [5, 5.41) is 0.789. The van der Waals surface area contributed by atoms with Crippen molar-refractivity contribution in [1.82, 2.24) is 4.90 Å². The van der Waals surface area contributed by atoms with Crippen LogP contribution in [0.15, 0.2) is 36.4 Å². The Morgan fingerprint density at radius 3 is 2.56 bits per heavy atom. The first kappa shape index (κ1) is 20.1. The molecule has 1 heterocycles. The van der Waals surface area contributed by atoms with Gasteiger partial charge < -0.3 is 9.80 Å². The molecule has 0 N–H and O–H groups in total. The Morgan fingerprint density at radius 1 is 1.19 bits per heavy atom. The van der Waals surface area contributed by atoms with Crippen molar-refractivity contribution in [2.24, 2.45) is 0 Å². The zero-order chi connectivity index (χ0) is 19.6. The molecule has 27 heavy (non-hydrogen) atoms. The van der Waals surface area contributed by atoms with Crippen LogP contribution in [0.25, 0.3) is 0 Å². The molecule has 3 nitrogen and oxygen atoms in total. The van der Waals surface area contributed by atoms with Crippen molar-refractivity contribution in [3.63, 3.8) is 0 Å². The molecule has 0 spiro atoms. The topological polar surface area (TPSA) is 23.6 Å². The number of carbonyl (C=O) groups excluding carboxylic acids is 1. The van der Waals surface area contributed by atoms with E-state index in [2.05, 4.69) is 16.8 Å². The molecule has 0 unspecified atom stereocenters. The Labute approximate surface area is 169 Å². The number of piperidine rings is 1. The molecule has 0 aliphatic carbocycles. The lowest BCUT2D eigenvalue weighted by Gasteiger charge is -2.36. The van der Waals surface area contributed by atoms with Crippen molar-refractivity contribution in [3.05, 3.63) is 63.4 Å². The second kappa shape index (κ2) is 8.59. The summed E-state index contributed by atoms with van der Waals surface area (Å²) in [4.78, 5) is 17.0. The van der Waals surface area contributed by atoms with Gasteiger partial charge in [-0.25, -0.2) is 4.39 Å². The van der Waals surface area contributed by atoms with Crippen LogP contribution in [-0.4, -0.2) is 43.9 Å². The Morgan fingerprint density at radius 2 is 1.89 bits per heavy atom. The van der Waals surface area contributed by atoms with Gasteiger partial charge in [0.2, 0.25) is 0 Å². The number of Topliss-reactive ketones (excluding diaryl/α,β-unsaturated/α-hetero) is 1. The Balaban J connectivity index is 1.77. The Kier molecular flexibility index (Phi) is 6.40. The summed E-state index contributed by atoms with van der Waals surface area (Å²) in [7, 11) is 4.11. The molecule has 0 aromatic heterocycles. The standard InChI is InChI=1S/C21H23Cl2FN2O/c1-25-7-5-17(6-8-25)26(2)18-10-14(9-16(24)13-18)11-21(27)19-4-3-15(22)12-20(19)23/h3-4,9-10,12-13,17H,5-8,11H2,1-2H3. The zero-order valence-electron chi connectivity index (χ0n) is 15.5. The van der Waals surface area contributed by atoms with E-state index in [4.69, 9.17) is 23.2 Å². The summed E-state index contributed by atoms with van der Waals surface area (Å²) in [6, 6.07) is 9.99. The minimum Gasteiger partial charge on any atom is -0.371 e. The van der Waals surface area contributed by atoms with Crippen LogP contribution in [0, 0.1) is 5.82 Å². The van der Waals surface area contributed by atoms with E-state index in [1.54, 1.807) is 18.2 Å². The zero-order valence-corrected chi connectivity index (χ0v) is 17.0. The van der Waals surface area contributed by atoms with E-state index in [0.29, 0.717) is 27.2 Å². The number of hydrogen-bond donors (Lipinski definition) is 0. The molecule has 6 heteroatoms. The first-order valence-electron chi connectivity index (χ1n) is 9.02. The van der Waals surface area contributed by atoms with Gasteiger partial charge in [-0.3, -0.25) is 4.79 Å². The van der Waals surface area contributed by atoms with Crippen LogP contribution in [0.3, 0.4) is 0 Å². The van der Waals surface area contributed by atoms with Gasteiger partial charge in [-0.2, -0.15) is 0 Å². The van der Waals surface area contributed by atoms with E-state index in [1.807, 2.05) is 13.1 Å². The lowest BCUT2D eigenvalue weighted by atomic mass is 10.0. The molecule has 0 atom stereocenters. The number of benzene rings is 2.